The normalized spacial score (nSPS) is 12.3. The van der Waals surface area contributed by atoms with Crippen molar-refractivity contribution in [2.45, 2.75) is 32.1 Å². The molecule has 0 aliphatic carbocycles. The maximum absolute atomic E-state index is 14.2. The van der Waals surface area contributed by atoms with Gasteiger partial charge in [0.05, 0.1) is 19.4 Å². The molecule has 34 heavy (non-hydrogen) atoms. The number of carbonyl (C=O) groups is 1. The molecular formula is C26H24FN3O4. The van der Waals surface area contributed by atoms with Crippen LogP contribution in [-0.2, 0) is 11.2 Å². The van der Waals surface area contributed by atoms with E-state index in [1.54, 1.807) is 19.2 Å². The van der Waals surface area contributed by atoms with Gasteiger partial charge in [0.15, 0.2) is 17.2 Å². The standard InChI is InChI=1S/C26H24FN3O4/c1-16-22(8-4-3-7-19-11-9-17-6-5-13-28-25(17)29-19)30-26(34-16)20(15-24(31)32)18-10-12-23(33-2)21(27)14-18/h4-6,8-14,20H,3,7,15H2,1-2H3,(H,31,32). The Balaban J connectivity index is 1.49. The lowest BCUT2D eigenvalue weighted by Crippen LogP contribution is -2.09. The lowest BCUT2D eigenvalue weighted by Gasteiger charge is -2.13. The molecule has 0 spiro atoms. The first-order valence-electron chi connectivity index (χ1n) is 10.8. The van der Waals surface area contributed by atoms with Gasteiger partial charge in [-0.25, -0.2) is 19.3 Å². The second-order valence-corrected chi connectivity index (χ2v) is 7.83. The van der Waals surface area contributed by atoms with E-state index in [4.69, 9.17) is 9.15 Å². The Bertz CT molecular complexity index is 1350. The van der Waals surface area contributed by atoms with Crippen LogP contribution in [0, 0.1) is 12.7 Å². The van der Waals surface area contributed by atoms with Crippen LogP contribution in [0.15, 0.2) is 59.2 Å². The van der Waals surface area contributed by atoms with Crippen LogP contribution in [0.3, 0.4) is 0 Å². The van der Waals surface area contributed by atoms with Crippen LogP contribution in [0.4, 0.5) is 4.39 Å². The first kappa shape index (κ1) is 23.1. The highest BCUT2D eigenvalue weighted by Gasteiger charge is 2.25. The highest BCUT2D eigenvalue weighted by Crippen LogP contribution is 2.32. The van der Waals surface area contributed by atoms with Crippen LogP contribution in [0.1, 0.15) is 47.4 Å². The van der Waals surface area contributed by atoms with Gasteiger partial charge in [-0.3, -0.25) is 4.79 Å². The molecule has 0 bridgehead atoms. The zero-order chi connectivity index (χ0) is 24.1. The Morgan fingerprint density at radius 3 is 2.85 bits per heavy atom. The summed E-state index contributed by atoms with van der Waals surface area (Å²) in [5, 5.41) is 10.4. The molecule has 0 fully saturated rings. The molecule has 3 heterocycles. The number of carboxylic acid groups (broad SMARTS) is 1. The fraction of sp³-hybridized carbons (Fsp3) is 0.231. The van der Waals surface area contributed by atoms with Crippen LogP contribution in [-0.4, -0.2) is 33.1 Å². The Morgan fingerprint density at radius 2 is 2.09 bits per heavy atom. The third-order valence-electron chi connectivity index (χ3n) is 5.47. The number of halogens is 1. The maximum Gasteiger partial charge on any atom is 0.304 e. The highest BCUT2D eigenvalue weighted by atomic mass is 19.1. The van der Waals surface area contributed by atoms with Gasteiger partial charge in [-0.05, 0) is 67.8 Å². The molecular weight excluding hydrogens is 437 g/mol. The third kappa shape index (κ3) is 5.28. The van der Waals surface area contributed by atoms with E-state index >= 15 is 0 Å². The lowest BCUT2D eigenvalue weighted by molar-refractivity contribution is -0.137. The summed E-state index contributed by atoms with van der Waals surface area (Å²) in [5.74, 6) is -1.47. The number of rotatable bonds is 9. The van der Waals surface area contributed by atoms with Gasteiger partial charge in [0.1, 0.15) is 11.5 Å². The minimum atomic E-state index is -1.04. The van der Waals surface area contributed by atoms with E-state index in [1.807, 2.05) is 36.4 Å². The molecule has 1 atom stereocenters. The smallest absolute Gasteiger partial charge is 0.304 e. The van der Waals surface area contributed by atoms with Gasteiger partial charge in [-0.1, -0.05) is 12.1 Å². The summed E-state index contributed by atoms with van der Waals surface area (Å²) in [6, 6.07) is 12.2. The largest absolute Gasteiger partial charge is 0.494 e. The Hall–Kier alpha value is -4.07. The molecule has 1 aromatic carbocycles. The fourth-order valence-corrected chi connectivity index (χ4v) is 3.71. The van der Waals surface area contributed by atoms with Crippen molar-refractivity contribution in [1.82, 2.24) is 15.0 Å². The fourth-order valence-electron chi connectivity index (χ4n) is 3.71. The zero-order valence-electron chi connectivity index (χ0n) is 18.9. The van der Waals surface area contributed by atoms with E-state index in [1.165, 1.54) is 19.2 Å². The number of methoxy groups -OCH3 is 1. The van der Waals surface area contributed by atoms with E-state index in [9.17, 15) is 14.3 Å². The van der Waals surface area contributed by atoms with Gasteiger partial charge >= 0.3 is 5.97 Å². The highest BCUT2D eigenvalue weighted by molar-refractivity contribution is 5.74. The molecule has 8 heteroatoms. The van der Waals surface area contributed by atoms with Gasteiger partial charge in [0, 0.05) is 17.3 Å². The van der Waals surface area contributed by atoms with Crippen LogP contribution in [0.25, 0.3) is 17.1 Å². The molecule has 1 N–H and O–H groups in total. The van der Waals surface area contributed by atoms with E-state index in [0.29, 0.717) is 17.0 Å². The van der Waals surface area contributed by atoms with Crippen molar-refractivity contribution in [3.05, 3.63) is 89.2 Å². The lowest BCUT2D eigenvalue weighted by atomic mass is 9.95. The van der Waals surface area contributed by atoms with Crippen LogP contribution >= 0.6 is 0 Å². The van der Waals surface area contributed by atoms with E-state index in [0.717, 1.165) is 29.6 Å². The van der Waals surface area contributed by atoms with Crippen molar-refractivity contribution < 1.29 is 23.4 Å². The maximum atomic E-state index is 14.2. The van der Waals surface area contributed by atoms with Gasteiger partial charge in [-0.15, -0.1) is 0 Å². The molecule has 174 valence electrons. The molecule has 0 radical (unpaired) electrons. The average Bonchev–Trinajstić information content (AvgIpc) is 3.20. The summed E-state index contributed by atoms with van der Waals surface area (Å²) < 4.78 is 25.0. The number of aliphatic carboxylic acids is 1. The monoisotopic (exact) mass is 461 g/mol. The number of oxazole rings is 1. The summed E-state index contributed by atoms with van der Waals surface area (Å²) >= 11 is 0. The van der Waals surface area contributed by atoms with Crippen LogP contribution in [0.5, 0.6) is 5.75 Å². The average molecular weight is 461 g/mol. The number of hydrogen-bond donors (Lipinski definition) is 1. The number of fused-ring (bicyclic) bond motifs is 1. The number of benzene rings is 1. The van der Waals surface area contributed by atoms with Crippen molar-refractivity contribution in [2.75, 3.05) is 7.11 Å². The zero-order valence-corrected chi connectivity index (χ0v) is 18.9. The first-order chi connectivity index (χ1) is 16.4. The predicted molar refractivity (Wildman–Crippen MR) is 125 cm³/mol. The molecule has 0 aliphatic heterocycles. The number of ether oxygens (including phenoxy) is 1. The summed E-state index contributed by atoms with van der Waals surface area (Å²) in [5.41, 5.74) is 2.72. The van der Waals surface area contributed by atoms with Crippen molar-refractivity contribution >= 4 is 23.1 Å². The van der Waals surface area contributed by atoms with E-state index in [-0.39, 0.29) is 18.1 Å². The summed E-state index contributed by atoms with van der Waals surface area (Å²) in [7, 11) is 1.37. The Kier molecular flexibility index (Phi) is 6.96. The second kappa shape index (κ2) is 10.2. The van der Waals surface area contributed by atoms with Gasteiger partial charge < -0.3 is 14.3 Å². The molecule has 7 nitrogen and oxygen atoms in total. The minimum absolute atomic E-state index is 0.0849. The molecule has 3 aromatic heterocycles. The van der Waals surface area contributed by atoms with Crippen molar-refractivity contribution in [2.24, 2.45) is 0 Å². The number of aromatic nitrogens is 3. The summed E-state index contributed by atoms with van der Waals surface area (Å²) in [4.78, 5) is 24.8. The van der Waals surface area contributed by atoms with E-state index in [2.05, 4.69) is 15.0 Å². The number of aryl methyl sites for hydroxylation is 2. The molecule has 0 aliphatic rings. The molecule has 4 rings (SSSR count). The number of nitrogens with zero attached hydrogens (tertiary/aromatic N) is 3. The third-order valence-corrected chi connectivity index (χ3v) is 5.47. The summed E-state index contributed by atoms with van der Waals surface area (Å²) in [6.07, 6.45) is 6.72. The quantitative estimate of drug-likeness (QED) is 0.360. The predicted octanol–water partition coefficient (Wildman–Crippen LogP) is 5.33. The van der Waals surface area contributed by atoms with Crippen molar-refractivity contribution in [1.29, 1.82) is 0 Å². The molecule has 4 aromatic rings. The van der Waals surface area contributed by atoms with Gasteiger partial charge in [0.2, 0.25) is 5.89 Å². The SMILES string of the molecule is COc1ccc(C(CC(=O)O)c2nc(C=CCCc3ccc4cccnc4n3)c(C)o2)cc1F. The Labute approximate surface area is 196 Å². The van der Waals surface area contributed by atoms with Crippen LogP contribution < -0.4 is 4.74 Å². The van der Waals surface area contributed by atoms with Crippen molar-refractivity contribution in [3.8, 4) is 5.75 Å². The number of allylic oxidation sites excluding steroid dienone is 1. The van der Waals surface area contributed by atoms with Gasteiger partial charge in [0.25, 0.3) is 0 Å². The van der Waals surface area contributed by atoms with Crippen molar-refractivity contribution in [3.63, 3.8) is 0 Å². The first-order valence-corrected chi connectivity index (χ1v) is 10.8. The number of carboxylic acids is 1. The van der Waals surface area contributed by atoms with E-state index < -0.39 is 17.7 Å². The molecule has 0 saturated heterocycles. The number of pyridine rings is 2. The summed E-state index contributed by atoms with van der Waals surface area (Å²) in [6.45, 7) is 1.76. The Morgan fingerprint density at radius 1 is 1.24 bits per heavy atom. The number of hydrogen-bond acceptors (Lipinski definition) is 6. The molecule has 1 unspecified atom stereocenters. The molecule has 0 saturated carbocycles. The second-order valence-electron chi connectivity index (χ2n) is 7.83. The molecule has 0 amide bonds. The van der Waals surface area contributed by atoms with Gasteiger partial charge in [-0.2, -0.15) is 0 Å². The van der Waals surface area contributed by atoms with Crippen LogP contribution in [0.2, 0.25) is 0 Å². The topological polar surface area (TPSA) is 98.3 Å². The minimum Gasteiger partial charge on any atom is -0.494 e.